The van der Waals surface area contributed by atoms with Crippen LogP contribution in [-0.4, -0.2) is 19.1 Å². The van der Waals surface area contributed by atoms with Crippen molar-refractivity contribution in [3.8, 4) is 11.8 Å². The second kappa shape index (κ2) is 10.2. The number of benzene rings is 3. The first-order chi connectivity index (χ1) is 16.1. The number of aryl methyl sites for hydroxylation is 1. The van der Waals surface area contributed by atoms with E-state index in [0.717, 1.165) is 40.4 Å². The van der Waals surface area contributed by atoms with Crippen molar-refractivity contribution in [1.29, 1.82) is 5.26 Å². The van der Waals surface area contributed by atoms with Crippen molar-refractivity contribution < 1.29 is 9.53 Å². The molecule has 1 aliphatic rings. The van der Waals surface area contributed by atoms with Gasteiger partial charge < -0.3 is 15.0 Å². The zero-order valence-electron chi connectivity index (χ0n) is 19.1. The summed E-state index contributed by atoms with van der Waals surface area (Å²) < 4.78 is 5.68. The molecule has 5 nitrogen and oxygen atoms in total. The molecule has 0 saturated carbocycles. The molecule has 2 unspecified atom stereocenters. The fourth-order valence-corrected chi connectivity index (χ4v) is 4.56. The van der Waals surface area contributed by atoms with Crippen LogP contribution in [0.2, 0.25) is 0 Å². The van der Waals surface area contributed by atoms with Crippen LogP contribution >= 0.6 is 0 Å². The van der Waals surface area contributed by atoms with Crippen molar-refractivity contribution in [3.63, 3.8) is 0 Å². The van der Waals surface area contributed by atoms with Gasteiger partial charge in [0.25, 0.3) is 0 Å². The molecular formula is C28H29N3O2. The number of hydrogen-bond acceptors (Lipinski definition) is 4. The fourth-order valence-electron chi connectivity index (χ4n) is 4.56. The number of carbonyl (C=O) groups is 1. The van der Waals surface area contributed by atoms with Crippen LogP contribution in [0.5, 0.6) is 5.75 Å². The summed E-state index contributed by atoms with van der Waals surface area (Å²) in [4.78, 5) is 14.6. The molecular weight excluding hydrogens is 410 g/mol. The number of hydrogen-bond donors (Lipinski definition) is 1. The Bertz CT molecular complexity index is 1140. The highest BCUT2D eigenvalue weighted by Gasteiger charge is 2.39. The molecule has 1 amide bonds. The van der Waals surface area contributed by atoms with E-state index in [0.29, 0.717) is 19.4 Å². The van der Waals surface area contributed by atoms with Gasteiger partial charge in [-0.05, 0) is 55.2 Å². The number of ether oxygens (including phenoxy) is 1. The summed E-state index contributed by atoms with van der Waals surface area (Å²) >= 11 is 0. The Balaban J connectivity index is 1.48. The summed E-state index contributed by atoms with van der Waals surface area (Å²) in [6.45, 7) is 5.46. The summed E-state index contributed by atoms with van der Waals surface area (Å²) in [6.07, 6.45) is 1.15. The predicted octanol–water partition coefficient (Wildman–Crippen LogP) is 5.84. The van der Waals surface area contributed by atoms with Gasteiger partial charge in [0.1, 0.15) is 5.75 Å². The first-order valence-electron chi connectivity index (χ1n) is 11.5. The zero-order valence-corrected chi connectivity index (χ0v) is 19.1. The van der Waals surface area contributed by atoms with Crippen LogP contribution in [0.3, 0.4) is 0 Å². The minimum absolute atomic E-state index is 0.00610. The second-order valence-electron chi connectivity index (χ2n) is 8.15. The van der Waals surface area contributed by atoms with Crippen molar-refractivity contribution in [3.05, 3.63) is 89.5 Å². The van der Waals surface area contributed by atoms with E-state index < -0.39 is 0 Å². The molecule has 3 aromatic rings. The third-order valence-corrected chi connectivity index (χ3v) is 6.11. The average molecular weight is 440 g/mol. The highest BCUT2D eigenvalue weighted by atomic mass is 16.5. The van der Waals surface area contributed by atoms with E-state index in [-0.39, 0.29) is 17.9 Å². The predicted molar refractivity (Wildman–Crippen MR) is 132 cm³/mol. The lowest BCUT2D eigenvalue weighted by molar-refractivity contribution is -0.116. The number of anilines is 2. The van der Waals surface area contributed by atoms with Gasteiger partial charge in [0.2, 0.25) is 5.91 Å². The van der Waals surface area contributed by atoms with Crippen LogP contribution < -0.4 is 15.0 Å². The van der Waals surface area contributed by atoms with Crippen molar-refractivity contribution in [1.82, 2.24) is 0 Å². The quantitative estimate of drug-likeness (QED) is 0.478. The zero-order chi connectivity index (χ0) is 23.2. The monoisotopic (exact) mass is 439 g/mol. The third-order valence-electron chi connectivity index (χ3n) is 6.11. The largest absolute Gasteiger partial charge is 0.494 e. The van der Waals surface area contributed by atoms with Crippen molar-refractivity contribution >= 4 is 17.3 Å². The smallest absolute Gasteiger partial charge is 0.224 e. The summed E-state index contributed by atoms with van der Waals surface area (Å²) in [5.74, 6) is 0.552. The van der Waals surface area contributed by atoms with Crippen LogP contribution in [0, 0.1) is 11.3 Å². The number of likely N-dealkylation sites (N-methyl/N-ethyl adjacent to an activating group) is 1. The van der Waals surface area contributed by atoms with E-state index in [4.69, 9.17) is 4.74 Å². The molecule has 1 heterocycles. The second-order valence-corrected chi connectivity index (χ2v) is 8.15. The highest BCUT2D eigenvalue weighted by molar-refractivity contribution is 5.90. The molecule has 0 radical (unpaired) electrons. The number of nitrogens with zero attached hydrogens (tertiary/aromatic N) is 2. The minimum Gasteiger partial charge on any atom is -0.494 e. The number of amides is 1. The molecule has 33 heavy (non-hydrogen) atoms. The summed E-state index contributed by atoms with van der Waals surface area (Å²) in [5.41, 5.74) is 5.06. The van der Waals surface area contributed by atoms with Gasteiger partial charge in [-0.1, -0.05) is 48.5 Å². The van der Waals surface area contributed by atoms with Gasteiger partial charge in [-0.2, -0.15) is 5.26 Å². The van der Waals surface area contributed by atoms with E-state index in [1.165, 1.54) is 0 Å². The highest BCUT2D eigenvalue weighted by Crippen LogP contribution is 2.49. The molecule has 0 aromatic heterocycles. The molecule has 4 rings (SSSR count). The molecule has 1 N–H and O–H groups in total. The maximum absolute atomic E-state index is 12.4. The van der Waals surface area contributed by atoms with Gasteiger partial charge in [-0.15, -0.1) is 0 Å². The van der Waals surface area contributed by atoms with Crippen LogP contribution in [0.1, 0.15) is 48.9 Å². The SMILES string of the molecule is CCOc1ccc2c(c1)N(CC)C(c1ccc(NC(=O)CCc3ccccc3)cc1)C2C#N. The average Bonchev–Trinajstić information content (AvgIpc) is 3.17. The molecule has 0 aliphatic carbocycles. The maximum Gasteiger partial charge on any atom is 0.224 e. The molecule has 3 aromatic carbocycles. The van der Waals surface area contributed by atoms with E-state index in [1.807, 2.05) is 79.7 Å². The first kappa shape index (κ1) is 22.4. The molecule has 0 fully saturated rings. The lowest BCUT2D eigenvalue weighted by Crippen LogP contribution is -2.26. The number of carbonyl (C=O) groups excluding carboxylic acids is 1. The third kappa shape index (κ3) is 4.85. The Kier molecular flexibility index (Phi) is 6.95. The number of nitriles is 1. The Morgan fingerprint density at radius 3 is 2.48 bits per heavy atom. The molecule has 0 bridgehead atoms. The summed E-state index contributed by atoms with van der Waals surface area (Å²) in [5, 5.41) is 13.0. The van der Waals surface area contributed by atoms with E-state index in [1.54, 1.807) is 0 Å². The lowest BCUT2D eigenvalue weighted by atomic mass is 9.91. The lowest BCUT2D eigenvalue weighted by Gasteiger charge is -2.28. The molecule has 0 saturated heterocycles. The Hall–Kier alpha value is -3.78. The van der Waals surface area contributed by atoms with E-state index in [9.17, 15) is 10.1 Å². The van der Waals surface area contributed by atoms with Crippen LogP contribution in [0.25, 0.3) is 0 Å². The fraction of sp³-hybridized carbons (Fsp3) is 0.286. The summed E-state index contributed by atoms with van der Waals surface area (Å²) in [7, 11) is 0. The van der Waals surface area contributed by atoms with Gasteiger partial charge in [0, 0.05) is 30.4 Å². The van der Waals surface area contributed by atoms with E-state index >= 15 is 0 Å². The van der Waals surface area contributed by atoms with Gasteiger partial charge in [-0.25, -0.2) is 0 Å². The Labute approximate surface area is 195 Å². The number of fused-ring (bicyclic) bond motifs is 1. The van der Waals surface area contributed by atoms with Crippen molar-refractivity contribution in [2.24, 2.45) is 0 Å². The molecule has 168 valence electrons. The van der Waals surface area contributed by atoms with Gasteiger partial charge in [-0.3, -0.25) is 4.79 Å². The maximum atomic E-state index is 12.4. The van der Waals surface area contributed by atoms with Crippen molar-refractivity contribution in [2.45, 2.75) is 38.6 Å². The minimum atomic E-state index is -0.262. The molecule has 0 spiro atoms. The summed E-state index contributed by atoms with van der Waals surface area (Å²) in [6, 6.07) is 26.3. The topological polar surface area (TPSA) is 65.4 Å². The van der Waals surface area contributed by atoms with Crippen molar-refractivity contribution in [2.75, 3.05) is 23.4 Å². The first-order valence-corrected chi connectivity index (χ1v) is 11.5. The molecule has 1 aliphatic heterocycles. The molecule has 2 atom stereocenters. The standard InChI is InChI=1S/C28H29N3O2/c1-3-31-26-18-23(33-4-2)15-16-24(26)25(19-29)28(31)21-11-13-22(14-12-21)30-27(32)17-10-20-8-6-5-7-9-20/h5-9,11-16,18,25,28H,3-4,10,17H2,1-2H3,(H,30,32). The van der Waals surface area contributed by atoms with E-state index in [2.05, 4.69) is 23.2 Å². The van der Waals surface area contributed by atoms with Gasteiger partial charge >= 0.3 is 0 Å². The molecule has 5 heteroatoms. The van der Waals surface area contributed by atoms with Crippen LogP contribution in [0.15, 0.2) is 72.8 Å². The Morgan fingerprint density at radius 2 is 1.82 bits per heavy atom. The van der Waals surface area contributed by atoms with Gasteiger partial charge in [0.15, 0.2) is 0 Å². The Morgan fingerprint density at radius 1 is 1.06 bits per heavy atom. The number of nitrogens with one attached hydrogen (secondary N) is 1. The van der Waals surface area contributed by atoms with Crippen LogP contribution in [-0.2, 0) is 11.2 Å². The van der Waals surface area contributed by atoms with Crippen LogP contribution in [0.4, 0.5) is 11.4 Å². The van der Waals surface area contributed by atoms with Gasteiger partial charge in [0.05, 0.1) is 24.6 Å². The normalized spacial score (nSPS) is 16.7. The number of rotatable bonds is 8.